The number of hydrogen-bond acceptors (Lipinski definition) is 3. The van der Waals surface area contributed by atoms with E-state index in [-0.39, 0.29) is 5.56 Å². The van der Waals surface area contributed by atoms with E-state index in [1.54, 1.807) is 24.3 Å². The zero-order valence-corrected chi connectivity index (χ0v) is 17.3. The fourth-order valence-corrected chi connectivity index (χ4v) is 3.99. The van der Waals surface area contributed by atoms with Crippen molar-refractivity contribution in [1.29, 1.82) is 0 Å². The summed E-state index contributed by atoms with van der Waals surface area (Å²) in [5.74, 6) is 0.200. The number of carboxylic acids is 1. The van der Waals surface area contributed by atoms with E-state index in [1.807, 2.05) is 37.3 Å². The fourth-order valence-electron chi connectivity index (χ4n) is 2.94. The lowest BCUT2D eigenvalue weighted by Crippen LogP contribution is -2.00. The summed E-state index contributed by atoms with van der Waals surface area (Å²) < 4.78 is 7.73. The molecule has 0 atom stereocenters. The monoisotopic (exact) mass is 485 g/mol. The Morgan fingerprint density at radius 1 is 1.00 bits per heavy atom. The van der Waals surface area contributed by atoms with Gasteiger partial charge in [0.15, 0.2) is 5.76 Å². The van der Waals surface area contributed by atoms with Crippen molar-refractivity contribution in [1.82, 2.24) is 4.98 Å². The molecule has 2 aromatic heterocycles. The van der Waals surface area contributed by atoms with Gasteiger partial charge in [-0.3, -0.25) is 0 Å². The molecule has 1 N–H and O–H groups in total. The molecule has 4 rings (SSSR count). The minimum atomic E-state index is -1.00. The number of pyridine rings is 1. The topological polar surface area (TPSA) is 63.3 Å². The fraction of sp³-hybridized carbons (Fsp3) is 0.0476. The molecule has 0 aliphatic rings. The average Bonchev–Trinajstić information content (AvgIpc) is 3.10. The van der Waals surface area contributed by atoms with Gasteiger partial charge >= 0.3 is 5.97 Å². The highest BCUT2D eigenvalue weighted by Gasteiger charge is 2.16. The summed E-state index contributed by atoms with van der Waals surface area (Å²) in [5.41, 5.74) is 3.34. The molecule has 0 fully saturated rings. The number of aromatic nitrogens is 1. The number of halogens is 2. The Morgan fingerprint density at radius 3 is 2.52 bits per heavy atom. The molecule has 2 heterocycles. The quantitative estimate of drug-likeness (QED) is 0.350. The normalized spacial score (nSPS) is 11.1. The molecule has 4 aromatic rings. The van der Waals surface area contributed by atoms with Gasteiger partial charge in [0.1, 0.15) is 11.5 Å². The highest BCUT2D eigenvalue weighted by atomic mass is 79.9. The molecule has 27 heavy (non-hydrogen) atoms. The molecule has 0 amide bonds. The standard InChI is InChI=1S/C21H13Br2NO3/c1-11-2-4-13(16(23)8-11)19-6-7-20(27-19)18-10-15(21(25)26)14-9-12(22)3-5-17(14)24-18/h2-10H,1H3,(H,25,26). The van der Waals surface area contributed by atoms with E-state index in [9.17, 15) is 9.90 Å². The van der Waals surface area contributed by atoms with Crippen LogP contribution in [0.2, 0.25) is 0 Å². The van der Waals surface area contributed by atoms with Crippen LogP contribution in [0, 0.1) is 6.92 Å². The van der Waals surface area contributed by atoms with Gasteiger partial charge in [-0.05, 0) is 61.0 Å². The molecule has 0 unspecified atom stereocenters. The maximum absolute atomic E-state index is 11.7. The van der Waals surface area contributed by atoms with Crippen molar-refractivity contribution in [3.63, 3.8) is 0 Å². The van der Waals surface area contributed by atoms with Crippen LogP contribution in [0.5, 0.6) is 0 Å². The second-order valence-electron chi connectivity index (χ2n) is 6.17. The van der Waals surface area contributed by atoms with Crippen molar-refractivity contribution in [2.24, 2.45) is 0 Å². The SMILES string of the molecule is Cc1ccc(-c2ccc(-c3cc(C(=O)O)c4cc(Br)ccc4n3)o2)c(Br)c1. The predicted molar refractivity (Wildman–Crippen MR) is 112 cm³/mol. The van der Waals surface area contributed by atoms with Crippen molar-refractivity contribution in [2.45, 2.75) is 6.92 Å². The molecule has 0 saturated carbocycles. The highest BCUT2D eigenvalue weighted by Crippen LogP contribution is 2.34. The molecule has 134 valence electrons. The number of benzene rings is 2. The Kier molecular flexibility index (Phi) is 4.61. The van der Waals surface area contributed by atoms with Crippen molar-refractivity contribution in [3.8, 4) is 22.8 Å². The summed E-state index contributed by atoms with van der Waals surface area (Å²) in [6, 6.07) is 16.6. The van der Waals surface area contributed by atoms with Gasteiger partial charge in [0.2, 0.25) is 0 Å². The Morgan fingerprint density at radius 2 is 1.78 bits per heavy atom. The van der Waals surface area contributed by atoms with Gasteiger partial charge in [0.05, 0.1) is 11.1 Å². The van der Waals surface area contributed by atoms with Crippen LogP contribution >= 0.6 is 31.9 Å². The zero-order valence-electron chi connectivity index (χ0n) is 14.2. The molecule has 2 aromatic carbocycles. The minimum Gasteiger partial charge on any atom is -0.478 e. The van der Waals surface area contributed by atoms with E-state index < -0.39 is 5.97 Å². The molecule has 0 saturated heterocycles. The zero-order chi connectivity index (χ0) is 19.1. The van der Waals surface area contributed by atoms with E-state index in [1.165, 1.54) is 0 Å². The second kappa shape index (κ2) is 6.94. The number of hydrogen-bond donors (Lipinski definition) is 1. The largest absolute Gasteiger partial charge is 0.478 e. The van der Waals surface area contributed by atoms with Crippen molar-refractivity contribution >= 4 is 48.7 Å². The van der Waals surface area contributed by atoms with Crippen LogP contribution in [0.15, 0.2) is 68.0 Å². The summed E-state index contributed by atoms with van der Waals surface area (Å²) in [6.07, 6.45) is 0. The van der Waals surface area contributed by atoms with Gasteiger partial charge in [-0.1, -0.05) is 37.9 Å². The minimum absolute atomic E-state index is 0.186. The third kappa shape index (κ3) is 3.42. The van der Waals surface area contributed by atoms with Gasteiger partial charge in [-0.2, -0.15) is 0 Å². The Bertz CT molecular complexity index is 1200. The highest BCUT2D eigenvalue weighted by molar-refractivity contribution is 9.10. The number of fused-ring (bicyclic) bond motifs is 1. The van der Waals surface area contributed by atoms with Gasteiger partial charge in [0.25, 0.3) is 0 Å². The smallest absolute Gasteiger partial charge is 0.336 e. The molecule has 4 nitrogen and oxygen atoms in total. The third-order valence-electron chi connectivity index (χ3n) is 4.25. The van der Waals surface area contributed by atoms with Crippen LogP contribution < -0.4 is 0 Å². The van der Waals surface area contributed by atoms with E-state index in [2.05, 4.69) is 36.8 Å². The van der Waals surface area contributed by atoms with Crippen molar-refractivity contribution in [3.05, 3.63) is 74.7 Å². The van der Waals surface area contributed by atoms with Gasteiger partial charge in [-0.15, -0.1) is 0 Å². The maximum Gasteiger partial charge on any atom is 0.336 e. The van der Waals surface area contributed by atoms with Crippen molar-refractivity contribution < 1.29 is 14.3 Å². The molecular formula is C21H13Br2NO3. The summed E-state index contributed by atoms with van der Waals surface area (Å²) in [6.45, 7) is 2.02. The van der Waals surface area contributed by atoms with Crippen LogP contribution in [-0.2, 0) is 0 Å². The molecule has 0 aliphatic carbocycles. The van der Waals surface area contributed by atoms with Crippen LogP contribution in [-0.4, -0.2) is 16.1 Å². The lowest BCUT2D eigenvalue weighted by Gasteiger charge is -2.06. The number of rotatable bonds is 3. The molecular weight excluding hydrogens is 474 g/mol. The number of carbonyl (C=O) groups is 1. The first-order valence-corrected chi connectivity index (χ1v) is 9.71. The first kappa shape index (κ1) is 17.9. The van der Waals surface area contributed by atoms with Gasteiger partial charge < -0.3 is 9.52 Å². The van der Waals surface area contributed by atoms with E-state index in [0.29, 0.717) is 28.1 Å². The average molecular weight is 487 g/mol. The van der Waals surface area contributed by atoms with Crippen LogP contribution in [0.4, 0.5) is 0 Å². The molecule has 0 spiro atoms. The van der Waals surface area contributed by atoms with E-state index in [4.69, 9.17) is 4.42 Å². The number of furan rings is 1. The van der Waals surface area contributed by atoms with Gasteiger partial charge in [0, 0.05) is 19.9 Å². The predicted octanol–water partition coefficient (Wildman–Crippen LogP) is 6.69. The second-order valence-corrected chi connectivity index (χ2v) is 7.94. The molecule has 0 radical (unpaired) electrons. The van der Waals surface area contributed by atoms with Gasteiger partial charge in [-0.25, -0.2) is 9.78 Å². The first-order valence-electron chi connectivity index (χ1n) is 8.13. The molecule has 6 heteroatoms. The van der Waals surface area contributed by atoms with E-state index in [0.717, 1.165) is 20.1 Å². The first-order chi connectivity index (χ1) is 12.9. The Labute approximate surface area is 172 Å². The summed E-state index contributed by atoms with van der Waals surface area (Å²) in [4.78, 5) is 16.3. The van der Waals surface area contributed by atoms with Crippen LogP contribution in [0.1, 0.15) is 15.9 Å². The molecule has 0 aliphatic heterocycles. The van der Waals surface area contributed by atoms with E-state index >= 15 is 0 Å². The Hall–Kier alpha value is -2.44. The maximum atomic E-state index is 11.7. The van der Waals surface area contributed by atoms with Crippen LogP contribution in [0.3, 0.4) is 0 Å². The Balaban J connectivity index is 1.85. The number of nitrogens with zero attached hydrogens (tertiary/aromatic N) is 1. The number of aromatic carboxylic acids is 1. The lowest BCUT2D eigenvalue weighted by molar-refractivity contribution is 0.0699. The number of carboxylic acid groups (broad SMARTS) is 1. The van der Waals surface area contributed by atoms with Crippen molar-refractivity contribution in [2.75, 3.05) is 0 Å². The number of aryl methyl sites for hydroxylation is 1. The lowest BCUT2D eigenvalue weighted by atomic mass is 10.1. The summed E-state index contributed by atoms with van der Waals surface area (Å²) in [7, 11) is 0. The summed E-state index contributed by atoms with van der Waals surface area (Å²) in [5, 5.41) is 10.2. The third-order valence-corrected chi connectivity index (χ3v) is 5.40. The summed E-state index contributed by atoms with van der Waals surface area (Å²) >= 11 is 6.94. The molecule has 0 bridgehead atoms. The van der Waals surface area contributed by atoms with Crippen LogP contribution in [0.25, 0.3) is 33.7 Å².